The Bertz CT molecular complexity index is 2970. The number of nitrogens with one attached hydrogen (secondary N) is 4. The van der Waals surface area contributed by atoms with Crippen LogP contribution in [0.4, 0.5) is 0 Å². The largest absolute Gasteiger partial charge is 0.481 e. The molecular formula is C87H181Cl4N18O14S+3. The molecule has 0 bridgehead atoms. The first kappa shape index (κ1) is 151. The fourth-order valence-corrected chi connectivity index (χ4v) is 9.60. The van der Waals surface area contributed by atoms with E-state index in [1.54, 1.807) is 42.7 Å². The number of hydrogen-bond donors (Lipinski definition) is 9. The third-order valence-electron chi connectivity index (χ3n) is 15.8. The van der Waals surface area contributed by atoms with Gasteiger partial charge >= 0.3 is 11.9 Å². The average Bonchev–Trinajstić information content (AvgIpc) is 1.45. The number of carbonyl (C=O) groups excluding carboxylic acids is 7. The number of carbonyl (C=O) groups is 9. The first-order valence-corrected chi connectivity index (χ1v) is 42.3. The highest BCUT2D eigenvalue weighted by Crippen LogP contribution is 2.29. The monoisotopic (exact) mass is 1870 g/mol. The maximum atomic E-state index is 13.1. The number of nitrogens with zero attached hydrogens (tertiary/aromatic N) is 11. The molecule has 1 aliphatic rings. The molecule has 0 aromatic carbocycles. The second kappa shape index (κ2) is 98.0. The van der Waals surface area contributed by atoms with Crippen molar-refractivity contribution < 1.29 is 79.4 Å². The summed E-state index contributed by atoms with van der Waals surface area (Å²) in [5, 5.41) is 27.7. The van der Waals surface area contributed by atoms with Gasteiger partial charge in [-0.2, -0.15) is 8.42 Å². The van der Waals surface area contributed by atoms with Gasteiger partial charge in [0.2, 0.25) is 40.7 Å². The predicted molar refractivity (Wildman–Crippen MR) is 528 cm³/mol. The lowest BCUT2D eigenvalue weighted by Crippen LogP contribution is -2.47. The number of imidazole rings is 2. The molecule has 3 rings (SSSR count). The summed E-state index contributed by atoms with van der Waals surface area (Å²) in [5.74, 6) is -4.99. The summed E-state index contributed by atoms with van der Waals surface area (Å²) >= 11 is 19.1. The lowest BCUT2D eigenvalue weighted by Gasteiger charge is -2.30. The third-order valence-corrected chi connectivity index (χ3v) is 17.3. The lowest BCUT2D eigenvalue weighted by atomic mass is 9.83. The molecule has 12 N–H and O–H groups in total. The van der Waals surface area contributed by atoms with Gasteiger partial charge in [-0.15, -0.1) is 0 Å². The summed E-state index contributed by atoms with van der Waals surface area (Å²) in [4.78, 5) is 114. The lowest BCUT2D eigenvalue weighted by molar-refractivity contribution is -0.889. The van der Waals surface area contributed by atoms with Crippen LogP contribution in [0.2, 0.25) is 0 Å². The molecule has 6 amide bonds. The number of amides is 6. The Morgan fingerprint density at radius 3 is 1.11 bits per heavy atom. The van der Waals surface area contributed by atoms with Gasteiger partial charge in [0.1, 0.15) is 0 Å². The number of primary amides is 2. The van der Waals surface area contributed by atoms with E-state index in [0.717, 1.165) is 123 Å². The number of quaternary nitrogens is 3. The number of halogens is 4. The van der Waals surface area contributed by atoms with Gasteiger partial charge in [-0.1, -0.05) is 179 Å². The van der Waals surface area contributed by atoms with Crippen LogP contribution in [-0.2, 0) is 57.5 Å². The fraction of sp³-hybridized carbons (Fsp3) is 0.667. The number of aliphatic carboxylic acids is 2. The highest BCUT2D eigenvalue weighted by atomic mass is 35.6. The molecule has 2 aromatic heterocycles. The number of allylic oxidation sites excluding steroid dienone is 1. The van der Waals surface area contributed by atoms with Crippen molar-refractivity contribution in [3.8, 4) is 0 Å². The first-order chi connectivity index (χ1) is 54.8. The number of hydrogen-bond acceptors (Lipinski definition) is 19. The molecule has 1 saturated heterocycles. The molecule has 32 nitrogen and oxygen atoms in total. The Balaban J connectivity index is -0.0000000860. The summed E-state index contributed by atoms with van der Waals surface area (Å²) in [6, 6.07) is 0.0299. The Kier molecular flexibility index (Phi) is 119. The molecule has 1 aliphatic heterocycles. The number of rotatable bonds is 44. The minimum atomic E-state index is -3.05. The van der Waals surface area contributed by atoms with E-state index < -0.39 is 61.2 Å². The van der Waals surface area contributed by atoms with Crippen molar-refractivity contribution >= 4 is 115 Å². The van der Waals surface area contributed by atoms with Crippen molar-refractivity contribution in [1.29, 1.82) is 0 Å². The number of carboxylic acids is 2. The standard InChI is InChI=1S/C24H43N5O4.2C11H22N2O.C7H14N2O.C6H16N2.C5H6N2.C4H12N2.C3H3ClO.C3H5NO.C3H6O3S.C3H4O2.CHCl3.6CH4/c1-6-8-12-29(4,5)13-10-27-23(31)20(14-18(3)24(32)33)15-19(22(25)30)16-21(7-2)28-11-9-26-17-28;2*1-5-7-9-13(3,4)10-8-12-11(14)6-2;1-4-7(10)8-5-6-9(2)3;1-7(2)5-6-8(3)4;1-2-7-4-3-6-5-7;1-6(2)4-3-5;2*1-2-3(4)5;4-7(5)3-1-2-6-7;1-2-3(4)5;2-1(3)4;;;;;;/h9,11,17-21H,6-8,10,12-16H2,1-5H3,(H3-,25,27,30,31,32,33);2*6H,2,5,7-10H2,1,3-4H3;4H,1,5-6H2,2-3H3,(H,8,10);5-6H2,1-4H3;2-5H,1H2;3-5H2,1-2H3;2H,1H2;2H,1H2,(H2,4,5);1-3H2;2H,1H2,(H,4,5);1H;6*1H4/p+3. The van der Waals surface area contributed by atoms with E-state index in [1.165, 1.54) is 57.0 Å². The van der Waals surface area contributed by atoms with Gasteiger partial charge in [-0.3, -0.25) is 42.5 Å². The Hall–Kier alpha value is -7.22. The highest BCUT2D eigenvalue weighted by molar-refractivity contribution is 7.86. The molecular weight excluding hydrogens is 1690 g/mol. The van der Waals surface area contributed by atoms with Crippen LogP contribution in [0.3, 0.4) is 0 Å². The van der Waals surface area contributed by atoms with Crippen LogP contribution in [0.15, 0.2) is 120 Å². The summed E-state index contributed by atoms with van der Waals surface area (Å²) in [5.41, 5.74) is 15.4. The molecule has 3 heterocycles. The van der Waals surface area contributed by atoms with Crippen LogP contribution in [0.5, 0.6) is 0 Å². The average molecular weight is 1880 g/mol. The molecule has 0 saturated carbocycles. The number of unbranched alkanes of at least 4 members (excludes halogenated alkanes) is 3. The Labute approximate surface area is 774 Å². The molecule has 734 valence electrons. The topological polar surface area (TPSA) is 412 Å². The number of nitrogens with two attached hydrogens (primary N) is 3. The maximum Gasteiger partial charge on any atom is 0.327 e. The second-order valence-corrected chi connectivity index (χ2v) is 33.4. The maximum absolute atomic E-state index is 13.1. The molecule has 4 unspecified atom stereocenters. The highest BCUT2D eigenvalue weighted by Gasteiger charge is 2.32. The second-order valence-electron chi connectivity index (χ2n) is 29.3. The summed E-state index contributed by atoms with van der Waals surface area (Å²) < 4.78 is 30.4. The number of alkyl halides is 3. The van der Waals surface area contributed by atoms with E-state index in [-0.39, 0.29) is 92.8 Å². The van der Waals surface area contributed by atoms with Crippen molar-refractivity contribution in [2.75, 3.05) is 209 Å². The van der Waals surface area contributed by atoms with Gasteiger partial charge < -0.3 is 90.9 Å². The zero-order valence-corrected chi connectivity index (χ0v) is 78.8. The van der Waals surface area contributed by atoms with Crippen molar-refractivity contribution in [3.05, 3.63) is 120 Å². The fourth-order valence-electron chi connectivity index (χ4n) is 8.64. The quantitative estimate of drug-likeness (QED) is 0.00978. The molecule has 0 radical (unpaired) electrons. The van der Waals surface area contributed by atoms with Crippen LogP contribution in [-0.4, -0.2) is 337 Å². The van der Waals surface area contributed by atoms with Crippen LogP contribution in [0.25, 0.3) is 6.20 Å². The Morgan fingerprint density at radius 2 is 0.895 bits per heavy atom. The van der Waals surface area contributed by atoms with Crippen molar-refractivity contribution in [3.63, 3.8) is 0 Å². The normalized spacial score (nSPS) is 11.7. The van der Waals surface area contributed by atoms with Crippen LogP contribution in [0, 0.1) is 17.8 Å². The minimum absolute atomic E-state index is 0. The molecule has 0 aliphatic carbocycles. The smallest absolute Gasteiger partial charge is 0.327 e. The molecule has 124 heavy (non-hydrogen) atoms. The van der Waals surface area contributed by atoms with E-state index in [4.69, 9.17) is 63.0 Å². The van der Waals surface area contributed by atoms with E-state index in [9.17, 15) is 56.7 Å². The predicted octanol–water partition coefficient (Wildman–Crippen LogP) is 11.6. The number of aromatic nitrogens is 4. The summed E-state index contributed by atoms with van der Waals surface area (Å²) in [6.45, 7) is 46.9. The van der Waals surface area contributed by atoms with Gasteiger partial charge in [0.05, 0.1) is 132 Å². The van der Waals surface area contributed by atoms with Gasteiger partial charge in [-0.05, 0) is 150 Å². The van der Waals surface area contributed by atoms with Gasteiger partial charge in [0.15, 0.2) is 4.30 Å². The molecule has 0 spiro atoms. The van der Waals surface area contributed by atoms with E-state index in [0.29, 0.717) is 32.5 Å². The minimum Gasteiger partial charge on any atom is -0.481 e. The van der Waals surface area contributed by atoms with E-state index in [2.05, 4.69) is 193 Å². The molecule has 4 atom stereocenters. The first-order valence-electron chi connectivity index (χ1n) is 39.0. The SMILES string of the molecule is C.C.C.C.C.C.C=CC(=O)Cl.C=CC(=O)NCCN(C)C.C=CC(=O)NCC[N+](C)(C)CCCC.C=CC(=O)NCC[N+](C)(C)CCCC.C=CC(=O)O.C=CC(N)=O.C=Cn1ccnc1.CCCC[N+](C)(C)CCNC(=O)C(CC(C)C(=O)O)CC(CC(CC)n1ccnc1)C(N)=O.CN(C)CCN.CN(C)CCN(C)C.ClC(Cl)Cl.O=S1(=O)CCCO1. The zero-order valence-electron chi connectivity index (χ0n) is 75.0. The summed E-state index contributed by atoms with van der Waals surface area (Å²) in [7, 11) is 26.3. The van der Waals surface area contributed by atoms with E-state index >= 15 is 0 Å². The molecule has 37 heteroatoms. The zero-order chi connectivity index (χ0) is 93.5. The third kappa shape index (κ3) is 123. The Morgan fingerprint density at radius 1 is 0.540 bits per heavy atom. The summed E-state index contributed by atoms with van der Waals surface area (Å²) in [6.07, 6.45) is 28.5. The van der Waals surface area contributed by atoms with Gasteiger partial charge in [0.25, 0.3) is 10.1 Å². The van der Waals surface area contributed by atoms with Crippen molar-refractivity contribution in [1.82, 2.24) is 60.0 Å². The van der Waals surface area contributed by atoms with Crippen molar-refractivity contribution in [2.24, 2.45) is 35.0 Å². The van der Waals surface area contributed by atoms with Crippen LogP contribution >= 0.6 is 46.4 Å². The number of carboxylic acid groups (broad SMARTS) is 2. The molecule has 2 aromatic rings. The van der Waals surface area contributed by atoms with Crippen LogP contribution < -0.4 is 38.5 Å². The molecule has 1 fully saturated rings. The van der Waals surface area contributed by atoms with Gasteiger partial charge in [-0.25, -0.2) is 14.8 Å². The van der Waals surface area contributed by atoms with Gasteiger partial charge in [0, 0.05) is 94.2 Å². The van der Waals surface area contributed by atoms with Crippen molar-refractivity contribution in [2.45, 2.75) is 160 Å². The van der Waals surface area contributed by atoms with Crippen LogP contribution in [0.1, 0.15) is 156 Å². The number of likely N-dealkylation sites (N-methyl/N-ethyl adjacent to an activating group) is 7. The van der Waals surface area contributed by atoms with E-state index in [1.807, 2.05) is 57.0 Å².